The fourth-order valence-electron chi connectivity index (χ4n) is 6.01. The lowest BCUT2D eigenvalue weighted by atomic mass is 9.76. The summed E-state index contributed by atoms with van der Waals surface area (Å²) in [5.41, 5.74) is 9.81. The molecule has 0 aromatic heterocycles. The van der Waals surface area contributed by atoms with Crippen LogP contribution in [-0.4, -0.2) is 0 Å². The van der Waals surface area contributed by atoms with Gasteiger partial charge in [-0.25, -0.2) is 0 Å². The number of benzene rings is 2. The van der Waals surface area contributed by atoms with Crippen molar-refractivity contribution in [3.05, 3.63) is 58.7 Å². The molecule has 0 heterocycles. The highest BCUT2D eigenvalue weighted by atomic mass is 14.3. The Bertz CT molecular complexity index is 773. The Hall–Kier alpha value is -1.56. The van der Waals surface area contributed by atoms with Crippen molar-refractivity contribution in [1.29, 1.82) is 0 Å². The summed E-state index contributed by atoms with van der Waals surface area (Å²) in [6, 6.07) is 14.1. The Morgan fingerprint density at radius 2 is 1.42 bits per heavy atom. The van der Waals surface area contributed by atoms with E-state index in [0.717, 1.165) is 11.8 Å². The second-order valence-corrected chi connectivity index (χ2v) is 9.04. The molecule has 0 N–H and O–H groups in total. The van der Waals surface area contributed by atoms with Crippen LogP contribution in [0.25, 0.3) is 11.1 Å². The van der Waals surface area contributed by atoms with Crippen LogP contribution in [-0.2, 0) is 12.8 Å². The maximum absolute atomic E-state index is 2.54. The Labute approximate surface area is 159 Å². The van der Waals surface area contributed by atoms with E-state index in [1.807, 2.05) is 0 Å². The summed E-state index contributed by atoms with van der Waals surface area (Å²) in [7, 11) is 0. The third kappa shape index (κ3) is 3.02. The standard InChI is InChI=1S/C26H32/c1-3-9-19(10-4-1)17-25-23(20-11-5-2-6-12-20)15-16-24-22-14-8-7-13-21(22)18-26(24)25/h7-8,13-16,19-20H,1-6,9-12,17-18H2. The van der Waals surface area contributed by atoms with Gasteiger partial charge in [-0.15, -0.1) is 0 Å². The summed E-state index contributed by atoms with van der Waals surface area (Å²) in [4.78, 5) is 0. The lowest BCUT2D eigenvalue weighted by molar-refractivity contribution is 0.353. The molecule has 0 bridgehead atoms. The molecule has 0 heteroatoms. The van der Waals surface area contributed by atoms with Crippen LogP contribution in [0.4, 0.5) is 0 Å². The molecule has 0 saturated heterocycles. The Kier molecular flexibility index (Phi) is 4.61. The Morgan fingerprint density at radius 1 is 0.692 bits per heavy atom. The second-order valence-electron chi connectivity index (χ2n) is 9.04. The van der Waals surface area contributed by atoms with Crippen molar-refractivity contribution in [1.82, 2.24) is 0 Å². The average Bonchev–Trinajstić information content (AvgIpc) is 3.09. The first-order valence-corrected chi connectivity index (χ1v) is 11.1. The monoisotopic (exact) mass is 344 g/mol. The minimum Gasteiger partial charge on any atom is -0.0619 e. The van der Waals surface area contributed by atoms with Crippen LogP contribution in [0.15, 0.2) is 36.4 Å². The van der Waals surface area contributed by atoms with Crippen molar-refractivity contribution >= 4 is 0 Å². The molecular weight excluding hydrogens is 312 g/mol. The van der Waals surface area contributed by atoms with Crippen LogP contribution in [0, 0.1) is 5.92 Å². The molecule has 136 valence electrons. The van der Waals surface area contributed by atoms with Gasteiger partial charge in [-0.1, -0.05) is 87.8 Å². The smallest absolute Gasteiger partial charge is 0.00106 e. The van der Waals surface area contributed by atoms with Gasteiger partial charge in [0.25, 0.3) is 0 Å². The van der Waals surface area contributed by atoms with E-state index in [0.29, 0.717) is 0 Å². The maximum Gasteiger partial charge on any atom is -0.00106 e. The maximum atomic E-state index is 2.54. The molecule has 0 amide bonds. The SMILES string of the molecule is c1ccc2c(c1)Cc1c-2ccc(C2CCCCC2)c1CC1CCCCC1. The summed E-state index contributed by atoms with van der Waals surface area (Å²) in [6.07, 6.45) is 17.0. The van der Waals surface area contributed by atoms with Gasteiger partial charge < -0.3 is 0 Å². The van der Waals surface area contributed by atoms with E-state index in [1.54, 1.807) is 27.8 Å². The molecule has 0 unspecified atom stereocenters. The van der Waals surface area contributed by atoms with Crippen molar-refractivity contribution in [2.45, 2.75) is 83.0 Å². The first kappa shape index (κ1) is 16.6. The molecule has 26 heavy (non-hydrogen) atoms. The molecule has 3 aliphatic rings. The molecule has 0 spiro atoms. The van der Waals surface area contributed by atoms with Crippen LogP contribution in [0.3, 0.4) is 0 Å². The van der Waals surface area contributed by atoms with E-state index in [4.69, 9.17) is 0 Å². The van der Waals surface area contributed by atoms with Crippen molar-refractivity contribution in [2.24, 2.45) is 5.92 Å². The van der Waals surface area contributed by atoms with Gasteiger partial charge in [0.15, 0.2) is 0 Å². The van der Waals surface area contributed by atoms with Gasteiger partial charge in [-0.3, -0.25) is 0 Å². The number of fused-ring (bicyclic) bond motifs is 3. The van der Waals surface area contributed by atoms with Gasteiger partial charge in [0, 0.05) is 0 Å². The average molecular weight is 345 g/mol. The quantitative estimate of drug-likeness (QED) is 0.463. The first-order chi connectivity index (χ1) is 12.9. The van der Waals surface area contributed by atoms with Crippen molar-refractivity contribution in [2.75, 3.05) is 0 Å². The minimum atomic E-state index is 0.830. The molecule has 2 aromatic rings. The highest BCUT2D eigenvalue weighted by Gasteiger charge is 2.28. The van der Waals surface area contributed by atoms with E-state index in [2.05, 4.69) is 36.4 Å². The second kappa shape index (κ2) is 7.22. The topological polar surface area (TPSA) is 0 Å². The predicted molar refractivity (Wildman–Crippen MR) is 111 cm³/mol. The predicted octanol–water partition coefficient (Wildman–Crippen LogP) is 7.43. The summed E-state index contributed by atoms with van der Waals surface area (Å²) < 4.78 is 0. The van der Waals surface area contributed by atoms with Gasteiger partial charge in [-0.05, 0) is 70.9 Å². The third-order valence-corrected chi connectivity index (χ3v) is 7.40. The summed E-state index contributed by atoms with van der Waals surface area (Å²) in [5.74, 6) is 1.76. The molecular formula is C26H32. The first-order valence-electron chi connectivity index (χ1n) is 11.1. The lowest BCUT2D eigenvalue weighted by Crippen LogP contribution is -2.15. The van der Waals surface area contributed by atoms with Crippen molar-refractivity contribution in [3.63, 3.8) is 0 Å². The fourth-order valence-corrected chi connectivity index (χ4v) is 6.01. The molecule has 3 aliphatic carbocycles. The normalized spacial score (nSPS) is 20.8. The van der Waals surface area contributed by atoms with Gasteiger partial charge in [0.1, 0.15) is 0 Å². The number of rotatable bonds is 3. The van der Waals surface area contributed by atoms with E-state index < -0.39 is 0 Å². The minimum absolute atomic E-state index is 0.830. The van der Waals surface area contributed by atoms with Gasteiger partial charge in [0.05, 0.1) is 0 Å². The summed E-state index contributed by atoms with van der Waals surface area (Å²) in [6.45, 7) is 0. The van der Waals surface area contributed by atoms with Crippen LogP contribution >= 0.6 is 0 Å². The third-order valence-electron chi connectivity index (χ3n) is 7.40. The van der Waals surface area contributed by atoms with Crippen LogP contribution in [0.5, 0.6) is 0 Å². The van der Waals surface area contributed by atoms with Crippen molar-refractivity contribution in [3.8, 4) is 11.1 Å². The van der Waals surface area contributed by atoms with E-state index in [9.17, 15) is 0 Å². The molecule has 0 aliphatic heterocycles. The number of hydrogen-bond acceptors (Lipinski definition) is 0. The zero-order chi connectivity index (χ0) is 17.3. The highest BCUT2D eigenvalue weighted by Crippen LogP contribution is 2.44. The lowest BCUT2D eigenvalue weighted by Gasteiger charge is -2.29. The van der Waals surface area contributed by atoms with Gasteiger partial charge in [-0.2, -0.15) is 0 Å². The van der Waals surface area contributed by atoms with Crippen LogP contribution < -0.4 is 0 Å². The van der Waals surface area contributed by atoms with E-state index in [-0.39, 0.29) is 0 Å². The van der Waals surface area contributed by atoms with Gasteiger partial charge in [0.2, 0.25) is 0 Å². The summed E-state index contributed by atoms with van der Waals surface area (Å²) in [5, 5.41) is 0. The molecule has 2 fully saturated rings. The zero-order valence-corrected chi connectivity index (χ0v) is 16.1. The molecule has 2 aromatic carbocycles. The molecule has 5 rings (SSSR count). The number of hydrogen-bond donors (Lipinski definition) is 0. The summed E-state index contributed by atoms with van der Waals surface area (Å²) >= 11 is 0. The fraction of sp³-hybridized carbons (Fsp3) is 0.538. The van der Waals surface area contributed by atoms with Crippen LogP contribution in [0.2, 0.25) is 0 Å². The van der Waals surface area contributed by atoms with E-state index >= 15 is 0 Å². The Morgan fingerprint density at radius 3 is 2.23 bits per heavy atom. The largest absolute Gasteiger partial charge is 0.0619 e. The molecule has 2 saturated carbocycles. The molecule has 0 radical (unpaired) electrons. The molecule has 0 atom stereocenters. The van der Waals surface area contributed by atoms with E-state index in [1.165, 1.54) is 82.6 Å². The van der Waals surface area contributed by atoms with Gasteiger partial charge >= 0.3 is 0 Å². The zero-order valence-electron chi connectivity index (χ0n) is 16.1. The van der Waals surface area contributed by atoms with Crippen LogP contribution in [0.1, 0.15) is 92.4 Å². The Balaban J connectivity index is 1.56. The highest BCUT2D eigenvalue weighted by molar-refractivity contribution is 5.78. The van der Waals surface area contributed by atoms with Crippen molar-refractivity contribution < 1.29 is 0 Å². The molecule has 0 nitrogen and oxygen atoms in total.